The van der Waals surface area contributed by atoms with Gasteiger partial charge in [0.05, 0.1) is 22.4 Å². The smallest absolute Gasteiger partial charge is 0.141 e. The van der Waals surface area contributed by atoms with E-state index in [1.54, 1.807) is 0 Å². The molecular weight excluding hydrogens is 308 g/mol. The van der Waals surface area contributed by atoms with Crippen LogP contribution in [0.15, 0.2) is 36.7 Å². The van der Waals surface area contributed by atoms with Crippen LogP contribution in [-0.2, 0) is 10.8 Å². The highest BCUT2D eigenvalue weighted by Crippen LogP contribution is 2.34. The van der Waals surface area contributed by atoms with Gasteiger partial charge in [-0.05, 0) is 6.07 Å². The second-order valence-corrected chi connectivity index (χ2v) is 8.79. The van der Waals surface area contributed by atoms with Crippen LogP contribution in [0.3, 0.4) is 0 Å². The number of hydrogen-bond acceptors (Lipinski definition) is 3. The molecule has 0 unspecified atom stereocenters. The van der Waals surface area contributed by atoms with E-state index in [9.17, 15) is 0 Å². The number of hydrogen-bond donors (Lipinski definition) is 0. The Labute approximate surface area is 147 Å². The largest absolute Gasteiger partial charge is 0.281 e. The fourth-order valence-electron chi connectivity index (χ4n) is 3.24. The summed E-state index contributed by atoms with van der Waals surface area (Å²) in [6, 6.07) is 10.3. The van der Waals surface area contributed by atoms with Crippen molar-refractivity contribution in [1.82, 2.24) is 19.4 Å². The van der Waals surface area contributed by atoms with Gasteiger partial charge >= 0.3 is 0 Å². The van der Waals surface area contributed by atoms with Crippen molar-refractivity contribution in [3.63, 3.8) is 0 Å². The van der Waals surface area contributed by atoms with Crippen LogP contribution in [0.4, 0.5) is 0 Å². The van der Waals surface area contributed by atoms with E-state index in [2.05, 4.69) is 64.1 Å². The summed E-state index contributed by atoms with van der Waals surface area (Å²) in [5.41, 5.74) is 6.00. The summed E-state index contributed by atoms with van der Waals surface area (Å²) in [6.07, 6.45) is 1.90. The molecule has 0 aliphatic rings. The van der Waals surface area contributed by atoms with Crippen LogP contribution in [0.25, 0.3) is 27.6 Å². The van der Waals surface area contributed by atoms with E-state index in [1.807, 2.05) is 18.5 Å². The van der Waals surface area contributed by atoms with Crippen molar-refractivity contribution in [1.29, 1.82) is 0 Å². The second kappa shape index (κ2) is 5.01. The summed E-state index contributed by atoms with van der Waals surface area (Å²) in [4.78, 5) is 14.7. The van der Waals surface area contributed by atoms with Crippen molar-refractivity contribution >= 4 is 27.6 Å². The summed E-state index contributed by atoms with van der Waals surface area (Å²) in [5, 5.41) is 1.09. The number of imidazole rings is 1. The number of fused-ring (bicyclic) bond motifs is 5. The number of aromatic nitrogens is 4. The molecule has 4 aromatic rings. The quantitative estimate of drug-likeness (QED) is 0.454. The van der Waals surface area contributed by atoms with Crippen molar-refractivity contribution in [2.45, 2.75) is 52.4 Å². The SMILES string of the molecule is CC(C)(C)c1cc2nc3c4ccccc4nc(C(C)(C)C)c3n2cn1. The lowest BCUT2D eigenvalue weighted by Gasteiger charge is -2.20. The molecular formula is C21H24N4. The second-order valence-electron chi connectivity index (χ2n) is 8.79. The van der Waals surface area contributed by atoms with Gasteiger partial charge in [-0.25, -0.2) is 15.0 Å². The monoisotopic (exact) mass is 332 g/mol. The molecule has 0 spiro atoms. The first-order valence-corrected chi connectivity index (χ1v) is 8.74. The molecule has 4 rings (SSSR count). The summed E-state index contributed by atoms with van der Waals surface area (Å²) < 4.78 is 2.09. The third-order valence-electron chi connectivity index (χ3n) is 4.61. The van der Waals surface area contributed by atoms with E-state index in [4.69, 9.17) is 15.0 Å². The number of nitrogens with zero attached hydrogens (tertiary/aromatic N) is 4. The molecule has 4 nitrogen and oxygen atoms in total. The van der Waals surface area contributed by atoms with Crippen LogP contribution in [0.2, 0.25) is 0 Å². The van der Waals surface area contributed by atoms with Crippen molar-refractivity contribution in [2.75, 3.05) is 0 Å². The summed E-state index contributed by atoms with van der Waals surface area (Å²) in [5.74, 6) is 0. The van der Waals surface area contributed by atoms with Crippen LogP contribution in [-0.4, -0.2) is 19.4 Å². The fraction of sp³-hybridized carbons (Fsp3) is 0.381. The third-order valence-corrected chi connectivity index (χ3v) is 4.61. The Morgan fingerprint density at radius 1 is 0.880 bits per heavy atom. The van der Waals surface area contributed by atoms with Crippen molar-refractivity contribution in [3.05, 3.63) is 48.0 Å². The number of rotatable bonds is 0. The van der Waals surface area contributed by atoms with Crippen LogP contribution in [0, 0.1) is 0 Å². The van der Waals surface area contributed by atoms with E-state index in [0.29, 0.717) is 0 Å². The number of para-hydroxylation sites is 1. The highest BCUT2D eigenvalue weighted by molar-refractivity contribution is 6.04. The van der Waals surface area contributed by atoms with Crippen LogP contribution < -0.4 is 0 Å². The topological polar surface area (TPSA) is 43.1 Å². The third kappa shape index (κ3) is 2.48. The van der Waals surface area contributed by atoms with Gasteiger partial charge in [0.2, 0.25) is 0 Å². The zero-order valence-corrected chi connectivity index (χ0v) is 15.8. The van der Waals surface area contributed by atoms with E-state index < -0.39 is 0 Å². The Hall–Kier alpha value is -2.49. The van der Waals surface area contributed by atoms with E-state index in [0.717, 1.165) is 39.0 Å². The molecule has 0 bridgehead atoms. The molecule has 0 atom stereocenters. The molecule has 0 amide bonds. The zero-order chi connectivity index (χ0) is 18.0. The molecule has 3 aromatic heterocycles. The predicted molar refractivity (Wildman–Crippen MR) is 103 cm³/mol. The summed E-state index contributed by atoms with van der Waals surface area (Å²) in [7, 11) is 0. The van der Waals surface area contributed by atoms with Gasteiger partial charge in [-0.1, -0.05) is 59.7 Å². The molecule has 3 heterocycles. The fourth-order valence-corrected chi connectivity index (χ4v) is 3.24. The van der Waals surface area contributed by atoms with Gasteiger partial charge in [0.15, 0.2) is 0 Å². The highest BCUT2D eigenvalue weighted by atomic mass is 15.1. The molecule has 25 heavy (non-hydrogen) atoms. The van der Waals surface area contributed by atoms with Gasteiger partial charge in [0, 0.05) is 22.3 Å². The minimum Gasteiger partial charge on any atom is -0.281 e. The zero-order valence-electron chi connectivity index (χ0n) is 15.8. The lowest BCUT2D eigenvalue weighted by Crippen LogP contribution is -2.16. The molecule has 0 saturated carbocycles. The average Bonchev–Trinajstić information content (AvgIpc) is 2.91. The Kier molecular flexibility index (Phi) is 3.21. The summed E-state index contributed by atoms with van der Waals surface area (Å²) in [6.45, 7) is 13.1. The molecule has 0 radical (unpaired) electrons. The van der Waals surface area contributed by atoms with Gasteiger partial charge in [-0.15, -0.1) is 0 Å². The molecule has 4 heteroatoms. The van der Waals surface area contributed by atoms with Crippen LogP contribution >= 0.6 is 0 Å². The highest BCUT2D eigenvalue weighted by Gasteiger charge is 2.25. The Balaban J connectivity index is 2.20. The maximum atomic E-state index is 4.98. The molecule has 128 valence electrons. The van der Waals surface area contributed by atoms with Crippen LogP contribution in [0.5, 0.6) is 0 Å². The van der Waals surface area contributed by atoms with E-state index >= 15 is 0 Å². The summed E-state index contributed by atoms with van der Waals surface area (Å²) >= 11 is 0. The Morgan fingerprint density at radius 2 is 1.60 bits per heavy atom. The van der Waals surface area contributed by atoms with Gasteiger partial charge in [-0.2, -0.15) is 0 Å². The Morgan fingerprint density at radius 3 is 2.28 bits per heavy atom. The van der Waals surface area contributed by atoms with Crippen LogP contribution in [0.1, 0.15) is 52.9 Å². The first-order chi connectivity index (χ1) is 11.7. The van der Waals surface area contributed by atoms with Gasteiger partial charge in [-0.3, -0.25) is 4.40 Å². The van der Waals surface area contributed by atoms with Gasteiger partial charge < -0.3 is 0 Å². The van der Waals surface area contributed by atoms with Crippen molar-refractivity contribution in [2.24, 2.45) is 0 Å². The van der Waals surface area contributed by atoms with Crippen molar-refractivity contribution < 1.29 is 0 Å². The lowest BCUT2D eigenvalue weighted by molar-refractivity contribution is 0.566. The lowest BCUT2D eigenvalue weighted by atomic mass is 9.90. The minimum absolute atomic E-state index is 0.00689. The minimum atomic E-state index is -0.0824. The predicted octanol–water partition coefficient (Wildman–Crippen LogP) is 5.03. The molecule has 0 aliphatic heterocycles. The molecule has 0 saturated heterocycles. The molecule has 0 N–H and O–H groups in total. The molecule has 1 aromatic carbocycles. The van der Waals surface area contributed by atoms with E-state index in [1.165, 1.54) is 0 Å². The van der Waals surface area contributed by atoms with Crippen molar-refractivity contribution in [3.8, 4) is 0 Å². The van der Waals surface area contributed by atoms with Gasteiger partial charge in [0.1, 0.15) is 17.5 Å². The standard InChI is InChI=1S/C21H24N4/c1-20(2,3)15-11-16-24-17-13-9-7-8-10-14(13)23-19(21(4,5)6)18(17)25(16)12-22-15/h7-12H,1-6H3. The Bertz CT molecular complexity index is 1110. The maximum absolute atomic E-state index is 4.98. The maximum Gasteiger partial charge on any atom is 0.141 e. The number of benzene rings is 1. The number of pyridine rings is 1. The van der Waals surface area contributed by atoms with E-state index in [-0.39, 0.29) is 10.8 Å². The normalized spacial score (nSPS) is 13.2. The molecule has 0 aliphatic carbocycles. The first kappa shape index (κ1) is 16.0. The average molecular weight is 332 g/mol. The first-order valence-electron chi connectivity index (χ1n) is 8.74. The molecule has 0 fully saturated rings. The van der Waals surface area contributed by atoms with Gasteiger partial charge in [0.25, 0.3) is 0 Å².